The van der Waals surface area contributed by atoms with Crippen LogP contribution in [0, 0.1) is 11.5 Å². The topological polar surface area (TPSA) is 20.2 Å². The Morgan fingerprint density at radius 1 is 0.957 bits per heavy atom. The number of benzene rings is 1. The van der Waals surface area contributed by atoms with Gasteiger partial charge in [-0.15, -0.1) is 31.2 Å². The molecule has 1 aromatic carbocycles. The summed E-state index contributed by atoms with van der Waals surface area (Å²) in [6, 6.07) is 7.39. The Morgan fingerprint density at radius 2 is 1.52 bits per heavy atom. The average molecular weight is 392 g/mol. The van der Waals surface area contributed by atoms with Crippen molar-refractivity contribution in [3.8, 4) is 5.75 Å². The molecule has 0 unspecified atom stereocenters. The van der Waals surface area contributed by atoms with Gasteiger partial charge in [0.2, 0.25) is 0 Å². The molecule has 23 heavy (non-hydrogen) atoms. The zero-order valence-electron chi connectivity index (χ0n) is 14.9. The first kappa shape index (κ1) is 27.6. The predicted molar refractivity (Wildman–Crippen MR) is 101 cm³/mol. The van der Waals surface area contributed by atoms with Crippen LogP contribution >= 0.6 is 24.8 Å². The number of phenols is 1. The van der Waals surface area contributed by atoms with Crippen LogP contribution in [0.3, 0.4) is 0 Å². The normalized spacial score (nSPS) is 12.7. The number of phenolic OH excluding ortho intramolecular Hbond substituents is 1. The minimum absolute atomic E-state index is 0. The summed E-state index contributed by atoms with van der Waals surface area (Å²) in [4.78, 5) is 0. The molecular weight excluding hydrogens is 363 g/mol. The van der Waals surface area contributed by atoms with Crippen LogP contribution in [0.25, 0.3) is 0 Å². The molecule has 130 valence electrons. The fourth-order valence-electron chi connectivity index (χ4n) is 1.89. The standard InChI is InChI=1S/C10H14O.C9H13.2ClH.Ti/c1-10(2,3)8-5-4-6-9(11)7-8;1-9(2,3)8-6-4-5-7-8;;;/h4-7,11H,1-3H3;4,6H,5H2,1-3H3;2*1H;/q;-1;;;. The van der Waals surface area contributed by atoms with Crippen molar-refractivity contribution in [1.29, 1.82) is 0 Å². The Morgan fingerprint density at radius 3 is 1.78 bits per heavy atom. The summed E-state index contributed by atoms with van der Waals surface area (Å²) in [7, 11) is 0. The van der Waals surface area contributed by atoms with Gasteiger partial charge in [0.25, 0.3) is 0 Å². The average Bonchev–Trinajstić information content (AvgIpc) is 2.81. The van der Waals surface area contributed by atoms with E-state index in [9.17, 15) is 5.11 Å². The van der Waals surface area contributed by atoms with Gasteiger partial charge in [-0.05, 0) is 28.5 Å². The molecular formula is C19H29Cl2OTi-. The van der Waals surface area contributed by atoms with Gasteiger partial charge in [0.05, 0.1) is 0 Å². The van der Waals surface area contributed by atoms with Gasteiger partial charge < -0.3 is 5.11 Å². The second kappa shape index (κ2) is 11.4. The Labute approximate surface area is 169 Å². The maximum atomic E-state index is 9.18. The van der Waals surface area contributed by atoms with Gasteiger partial charge in [0.1, 0.15) is 5.75 Å². The van der Waals surface area contributed by atoms with Crippen molar-refractivity contribution in [3.63, 3.8) is 0 Å². The van der Waals surface area contributed by atoms with Crippen LogP contribution in [0.2, 0.25) is 0 Å². The molecule has 0 saturated heterocycles. The molecule has 1 aromatic rings. The first-order valence-electron chi connectivity index (χ1n) is 7.18. The van der Waals surface area contributed by atoms with Crippen molar-refractivity contribution in [2.75, 3.05) is 0 Å². The molecule has 1 N–H and O–H groups in total. The van der Waals surface area contributed by atoms with Gasteiger partial charge in [-0.1, -0.05) is 53.7 Å². The van der Waals surface area contributed by atoms with Crippen molar-refractivity contribution in [2.45, 2.75) is 53.4 Å². The molecule has 1 aliphatic carbocycles. The van der Waals surface area contributed by atoms with Crippen molar-refractivity contribution < 1.29 is 26.8 Å². The molecule has 2 rings (SSSR count). The monoisotopic (exact) mass is 391 g/mol. The molecule has 1 aliphatic rings. The van der Waals surface area contributed by atoms with E-state index in [0.29, 0.717) is 11.2 Å². The summed E-state index contributed by atoms with van der Waals surface area (Å²) >= 11 is 0. The Balaban J connectivity index is -0.000000312. The quantitative estimate of drug-likeness (QED) is 0.409. The Bertz CT molecular complexity index is 509. The largest absolute Gasteiger partial charge is 0.508 e. The van der Waals surface area contributed by atoms with E-state index in [-0.39, 0.29) is 51.9 Å². The number of halogens is 2. The number of allylic oxidation sites excluding steroid dienone is 4. The molecule has 0 atom stereocenters. The molecule has 0 saturated carbocycles. The van der Waals surface area contributed by atoms with E-state index in [2.05, 4.69) is 59.8 Å². The van der Waals surface area contributed by atoms with Crippen LogP contribution in [0.4, 0.5) is 0 Å². The maximum absolute atomic E-state index is 9.18. The van der Waals surface area contributed by atoms with Crippen molar-refractivity contribution in [3.05, 3.63) is 53.6 Å². The third-order valence-electron chi connectivity index (χ3n) is 3.22. The van der Waals surface area contributed by atoms with Gasteiger partial charge in [0.15, 0.2) is 0 Å². The van der Waals surface area contributed by atoms with Crippen LogP contribution in [-0.4, -0.2) is 5.11 Å². The molecule has 0 amide bonds. The second-order valence-electron chi connectivity index (χ2n) is 7.25. The smallest absolute Gasteiger partial charge is 0.115 e. The summed E-state index contributed by atoms with van der Waals surface area (Å²) < 4.78 is 0. The van der Waals surface area contributed by atoms with E-state index in [1.165, 1.54) is 5.57 Å². The van der Waals surface area contributed by atoms with Crippen LogP contribution < -0.4 is 0 Å². The third-order valence-corrected chi connectivity index (χ3v) is 3.22. The fraction of sp³-hybridized carbons (Fsp3) is 0.474. The summed E-state index contributed by atoms with van der Waals surface area (Å²) in [6.07, 6.45) is 8.63. The van der Waals surface area contributed by atoms with E-state index < -0.39 is 0 Å². The third kappa shape index (κ3) is 10.3. The van der Waals surface area contributed by atoms with Crippen molar-refractivity contribution >= 4 is 24.8 Å². The summed E-state index contributed by atoms with van der Waals surface area (Å²) in [5.41, 5.74) is 2.94. The summed E-state index contributed by atoms with van der Waals surface area (Å²) in [5.74, 6) is 0.345. The van der Waals surface area contributed by atoms with E-state index in [1.807, 2.05) is 12.1 Å². The van der Waals surface area contributed by atoms with Gasteiger partial charge in [-0.25, -0.2) is 11.6 Å². The molecule has 0 bridgehead atoms. The zero-order valence-corrected chi connectivity index (χ0v) is 18.1. The molecule has 1 nitrogen and oxygen atoms in total. The molecule has 0 heterocycles. The summed E-state index contributed by atoms with van der Waals surface area (Å²) in [5, 5.41) is 9.18. The maximum Gasteiger partial charge on any atom is 0.115 e. The van der Waals surface area contributed by atoms with Gasteiger partial charge in [-0.3, -0.25) is 6.08 Å². The van der Waals surface area contributed by atoms with E-state index in [1.54, 1.807) is 12.1 Å². The molecule has 0 spiro atoms. The zero-order chi connectivity index (χ0) is 15.4. The van der Waals surface area contributed by atoms with Gasteiger partial charge in [0, 0.05) is 21.7 Å². The molecule has 0 fully saturated rings. The first-order valence-corrected chi connectivity index (χ1v) is 7.18. The SMILES string of the molecule is CC(C)(C)C1=[C-]CC=C1.CC(C)(C)c1cccc(O)c1.Cl.Cl.[Ti]. The van der Waals surface area contributed by atoms with E-state index >= 15 is 0 Å². The number of hydrogen-bond donors (Lipinski definition) is 1. The number of hydrogen-bond acceptors (Lipinski definition) is 1. The molecule has 0 aromatic heterocycles. The minimum Gasteiger partial charge on any atom is -0.508 e. The minimum atomic E-state index is 0. The van der Waals surface area contributed by atoms with Crippen LogP contribution in [0.5, 0.6) is 5.75 Å². The van der Waals surface area contributed by atoms with Crippen molar-refractivity contribution in [2.24, 2.45) is 5.41 Å². The Hall–Kier alpha value is -0.206. The number of aromatic hydroxyl groups is 1. The summed E-state index contributed by atoms with van der Waals surface area (Å²) in [6.45, 7) is 13.0. The molecule has 0 aliphatic heterocycles. The van der Waals surface area contributed by atoms with Crippen molar-refractivity contribution in [1.82, 2.24) is 0 Å². The van der Waals surface area contributed by atoms with E-state index in [0.717, 1.165) is 12.0 Å². The van der Waals surface area contributed by atoms with Gasteiger partial charge >= 0.3 is 0 Å². The number of rotatable bonds is 0. The van der Waals surface area contributed by atoms with Crippen LogP contribution in [-0.2, 0) is 27.1 Å². The molecule has 4 heteroatoms. The van der Waals surface area contributed by atoms with E-state index in [4.69, 9.17) is 0 Å². The second-order valence-corrected chi connectivity index (χ2v) is 7.25. The first-order chi connectivity index (χ1) is 9.10. The fourth-order valence-corrected chi connectivity index (χ4v) is 1.89. The van der Waals surface area contributed by atoms with Crippen LogP contribution in [0.1, 0.15) is 53.5 Å². The van der Waals surface area contributed by atoms with Gasteiger partial charge in [-0.2, -0.15) is 6.08 Å². The molecule has 0 radical (unpaired) electrons. The predicted octanol–water partition coefficient (Wildman–Crippen LogP) is 6.25. The Kier molecular flexibility index (Phi) is 13.7. The van der Waals surface area contributed by atoms with Crippen LogP contribution in [0.15, 0.2) is 42.0 Å².